The van der Waals surface area contributed by atoms with Crippen LogP contribution in [0.2, 0.25) is 0 Å². The molecule has 0 aliphatic heterocycles. The number of rotatable bonds is 5. The maximum atomic E-state index is 11.9. The van der Waals surface area contributed by atoms with E-state index in [1.165, 1.54) is 0 Å². The zero-order valence-electron chi connectivity index (χ0n) is 10.8. The first-order valence-corrected chi connectivity index (χ1v) is 6.26. The molecule has 1 aliphatic carbocycles. The number of aromatic nitrogens is 1. The van der Waals surface area contributed by atoms with Crippen molar-refractivity contribution < 1.29 is 9.53 Å². The summed E-state index contributed by atoms with van der Waals surface area (Å²) in [7, 11) is 1.70. The van der Waals surface area contributed by atoms with Gasteiger partial charge in [-0.2, -0.15) is 0 Å². The number of methoxy groups -OCH3 is 1. The highest BCUT2D eigenvalue weighted by Gasteiger charge is 2.30. The molecule has 1 aliphatic rings. The number of carbonyl (C=O) groups excluding carboxylic acids is 1. The Balaban J connectivity index is 1.85. The molecule has 0 atom stereocenters. The van der Waals surface area contributed by atoms with Gasteiger partial charge in [-0.05, 0) is 31.9 Å². The van der Waals surface area contributed by atoms with E-state index in [1.54, 1.807) is 19.4 Å². The van der Waals surface area contributed by atoms with Gasteiger partial charge in [0.2, 0.25) is 0 Å². The Morgan fingerprint density at radius 3 is 2.83 bits per heavy atom. The molecule has 1 amide bonds. The quantitative estimate of drug-likeness (QED) is 0.828. The highest BCUT2D eigenvalue weighted by Crippen LogP contribution is 2.22. The fourth-order valence-electron chi connectivity index (χ4n) is 1.97. The maximum Gasteiger partial charge on any atom is 0.270 e. The number of carbonyl (C=O) groups is 1. The summed E-state index contributed by atoms with van der Waals surface area (Å²) in [4.78, 5) is 16.0. The van der Waals surface area contributed by atoms with E-state index < -0.39 is 0 Å². The molecule has 0 spiro atoms. The summed E-state index contributed by atoms with van der Waals surface area (Å²) in [6, 6.07) is 3.82. The lowest BCUT2D eigenvalue weighted by Gasteiger charge is -2.34. The van der Waals surface area contributed by atoms with Crippen LogP contribution < -0.4 is 10.6 Å². The number of hydrogen-bond acceptors (Lipinski definition) is 4. The number of ether oxygens (including phenoxy) is 1. The number of nitrogens with one attached hydrogen (secondary N) is 2. The third kappa shape index (κ3) is 2.98. The number of nitrogens with zero attached hydrogens (tertiary/aromatic N) is 1. The summed E-state index contributed by atoms with van der Waals surface area (Å²) in [6.07, 6.45) is 3.74. The molecule has 1 fully saturated rings. The molecular formula is C13H19N3O2. The molecule has 5 nitrogen and oxygen atoms in total. The lowest BCUT2D eigenvalue weighted by Crippen LogP contribution is -2.47. The predicted molar refractivity (Wildman–Crippen MR) is 69.7 cm³/mol. The number of hydrogen-bond donors (Lipinski definition) is 2. The van der Waals surface area contributed by atoms with Gasteiger partial charge in [-0.3, -0.25) is 4.79 Å². The normalized spacial score (nSPS) is 22.1. The Hall–Kier alpha value is -1.62. The molecule has 98 valence electrons. The monoisotopic (exact) mass is 249 g/mol. The van der Waals surface area contributed by atoms with Crippen molar-refractivity contribution in [2.75, 3.05) is 19.0 Å². The lowest BCUT2D eigenvalue weighted by molar-refractivity contribution is 0.0175. The first-order valence-electron chi connectivity index (χ1n) is 6.26. The van der Waals surface area contributed by atoms with Crippen LogP contribution in [0.1, 0.15) is 30.3 Å². The smallest absolute Gasteiger partial charge is 0.270 e. The van der Waals surface area contributed by atoms with Gasteiger partial charge < -0.3 is 15.4 Å². The molecule has 18 heavy (non-hydrogen) atoms. The maximum absolute atomic E-state index is 11.9. The van der Waals surface area contributed by atoms with Gasteiger partial charge in [0.25, 0.3) is 5.91 Å². The molecule has 1 saturated carbocycles. The summed E-state index contributed by atoms with van der Waals surface area (Å²) in [5, 5.41) is 6.09. The van der Waals surface area contributed by atoms with Gasteiger partial charge in [0.1, 0.15) is 5.69 Å². The summed E-state index contributed by atoms with van der Waals surface area (Å²) in [5.74, 6) is -0.113. The molecular weight excluding hydrogens is 230 g/mol. The highest BCUT2D eigenvalue weighted by atomic mass is 16.5. The zero-order chi connectivity index (χ0) is 13.0. The van der Waals surface area contributed by atoms with Gasteiger partial charge in [-0.25, -0.2) is 4.98 Å². The zero-order valence-corrected chi connectivity index (χ0v) is 10.8. The second-order valence-corrected chi connectivity index (χ2v) is 4.46. The Bertz CT molecular complexity index is 399. The molecule has 1 aromatic heterocycles. The van der Waals surface area contributed by atoms with Crippen LogP contribution in [0.4, 0.5) is 5.69 Å². The van der Waals surface area contributed by atoms with E-state index in [0.717, 1.165) is 25.1 Å². The van der Waals surface area contributed by atoms with Crippen molar-refractivity contribution in [3.8, 4) is 0 Å². The first kappa shape index (κ1) is 12.8. The molecule has 0 radical (unpaired) electrons. The predicted octanol–water partition coefficient (Wildman–Crippen LogP) is 1.42. The van der Waals surface area contributed by atoms with Crippen molar-refractivity contribution >= 4 is 11.6 Å². The minimum absolute atomic E-state index is 0.113. The van der Waals surface area contributed by atoms with Crippen LogP contribution in [0.15, 0.2) is 18.3 Å². The van der Waals surface area contributed by atoms with Gasteiger partial charge in [0.05, 0.1) is 18.0 Å². The Morgan fingerprint density at radius 1 is 1.50 bits per heavy atom. The van der Waals surface area contributed by atoms with Gasteiger partial charge in [0.15, 0.2) is 0 Å². The fraction of sp³-hybridized carbons (Fsp3) is 0.538. The van der Waals surface area contributed by atoms with E-state index in [9.17, 15) is 4.79 Å². The molecule has 1 heterocycles. The van der Waals surface area contributed by atoms with Crippen LogP contribution >= 0.6 is 0 Å². The SMILES string of the molecule is CCNc1ccc(C(=O)NC2CC(OC)C2)nc1. The van der Waals surface area contributed by atoms with Crippen molar-refractivity contribution in [2.45, 2.75) is 31.9 Å². The Kier molecular flexibility index (Phi) is 4.15. The Labute approximate surface area is 107 Å². The molecule has 0 saturated heterocycles. The number of anilines is 1. The second kappa shape index (κ2) is 5.82. The van der Waals surface area contributed by atoms with E-state index in [-0.39, 0.29) is 11.9 Å². The fourth-order valence-corrected chi connectivity index (χ4v) is 1.97. The van der Waals surface area contributed by atoms with Gasteiger partial charge in [-0.1, -0.05) is 0 Å². The number of amides is 1. The Morgan fingerprint density at radius 2 is 2.28 bits per heavy atom. The van der Waals surface area contributed by atoms with Crippen molar-refractivity contribution in [3.05, 3.63) is 24.0 Å². The van der Waals surface area contributed by atoms with Crippen LogP contribution in [0.25, 0.3) is 0 Å². The van der Waals surface area contributed by atoms with Crippen LogP contribution in [-0.4, -0.2) is 36.7 Å². The van der Waals surface area contributed by atoms with Crippen LogP contribution in [-0.2, 0) is 4.74 Å². The average Bonchev–Trinajstić information content (AvgIpc) is 2.34. The summed E-state index contributed by atoms with van der Waals surface area (Å²) < 4.78 is 5.17. The minimum Gasteiger partial charge on any atom is -0.384 e. The lowest BCUT2D eigenvalue weighted by atomic mass is 9.89. The van der Waals surface area contributed by atoms with Gasteiger partial charge >= 0.3 is 0 Å². The van der Waals surface area contributed by atoms with Gasteiger partial charge in [-0.15, -0.1) is 0 Å². The standard InChI is InChI=1S/C13H19N3O2/c1-3-14-9-4-5-12(15-8-9)13(17)16-10-6-11(7-10)18-2/h4-5,8,10-11,14H,3,6-7H2,1-2H3,(H,16,17). The van der Waals surface area contributed by atoms with E-state index in [2.05, 4.69) is 15.6 Å². The molecule has 5 heteroatoms. The van der Waals surface area contributed by atoms with Crippen molar-refractivity contribution in [1.82, 2.24) is 10.3 Å². The topological polar surface area (TPSA) is 63.2 Å². The minimum atomic E-state index is -0.113. The molecule has 0 unspecified atom stereocenters. The first-order chi connectivity index (χ1) is 8.72. The second-order valence-electron chi connectivity index (χ2n) is 4.46. The van der Waals surface area contributed by atoms with Gasteiger partial charge in [0, 0.05) is 19.7 Å². The largest absolute Gasteiger partial charge is 0.384 e. The summed E-state index contributed by atoms with van der Waals surface area (Å²) >= 11 is 0. The van der Waals surface area contributed by atoms with E-state index in [0.29, 0.717) is 11.8 Å². The molecule has 0 aromatic carbocycles. The van der Waals surface area contributed by atoms with Crippen molar-refractivity contribution in [1.29, 1.82) is 0 Å². The van der Waals surface area contributed by atoms with E-state index in [4.69, 9.17) is 4.74 Å². The summed E-state index contributed by atoms with van der Waals surface area (Å²) in [5.41, 5.74) is 1.38. The molecule has 2 rings (SSSR count). The molecule has 1 aromatic rings. The van der Waals surface area contributed by atoms with Crippen LogP contribution in [0.3, 0.4) is 0 Å². The van der Waals surface area contributed by atoms with Crippen molar-refractivity contribution in [2.24, 2.45) is 0 Å². The van der Waals surface area contributed by atoms with Crippen LogP contribution in [0, 0.1) is 0 Å². The van der Waals surface area contributed by atoms with Crippen LogP contribution in [0.5, 0.6) is 0 Å². The molecule has 2 N–H and O–H groups in total. The third-order valence-corrected chi connectivity index (χ3v) is 3.14. The summed E-state index contributed by atoms with van der Waals surface area (Å²) in [6.45, 7) is 2.86. The third-order valence-electron chi connectivity index (χ3n) is 3.14. The average molecular weight is 249 g/mol. The highest BCUT2D eigenvalue weighted by molar-refractivity contribution is 5.92. The molecule has 0 bridgehead atoms. The van der Waals surface area contributed by atoms with E-state index in [1.807, 2.05) is 13.0 Å². The van der Waals surface area contributed by atoms with Crippen molar-refractivity contribution in [3.63, 3.8) is 0 Å². The van der Waals surface area contributed by atoms with E-state index >= 15 is 0 Å². The number of pyridine rings is 1.